The number of nitrogens with zero attached hydrogens (tertiary/aromatic N) is 3. The first-order valence-electron chi connectivity index (χ1n) is 10.7. The molecule has 33 heavy (non-hydrogen) atoms. The lowest BCUT2D eigenvalue weighted by atomic mass is 9.95. The van der Waals surface area contributed by atoms with Crippen LogP contribution in [0.4, 0.5) is 10.5 Å². The van der Waals surface area contributed by atoms with Gasteiger partial charge >= 0.3 is 6.09 Å². The number of amides is 1. The maximum atomic E-state index is 13.6. The van der Waals surface area contributed by atoms with Gasteiger partial charge in [-0.1, -0.05) is 60.7 Å². The molecule has 0 aliphatic rings. The van der Waals surface area contributed by atoms with Gasteiger partial charge in [-0.3, -0.25) is 14.3 Å². The van der Waals surface area contributed by atoms with Crippen LogP contribution in [-0.2, 0) is 4.74 Å². The van der Waals surface area contributed by atoms with Gasteiger partial charge in [-0.05, 0) is 42.3 Å². The molecule has 0 bridgehead atoms. The van der Waals surface area contributed by atoms with Gasteiger partial charge in [-0.25, -0.2) is 9.78 Å². The summed E-state index contributed by atoms with van der Waals surface area (Å²) in [5.74, 6) is 0.139. The van der Waals surface area contributed by atoms with Crippen molar-refractivity contribution in [2.45, 2.75) is 19.4 Å². The molecule has 6 nitrogen and oxygen atoms in total. The lowest BCUT2D eigenvalue weighted by Gasteiger charge is -2.31. The van der Waals surface area contributed by atoms with Crippen LogP contribution < -0.4 is 4.90 Å². The van der Waals surface area contributed by atoms with E-state index in [4.69, 9.17) is 4.74 Å². The summed E-state index contributed by atoms with van der Waals surface area (Å²) in [7, 11) is 1.34. The molecule has 4 aromatic rings. The third kappa shape index (κ3) is 4.70. The number of aryl methyl sites for hydroxylation is 1. The second-order valence-corrected chi connectivity index (χ2v) is 7.63. The summed E-state index contributed by atoms with van der Waals surface area (Å²) in [6, 6.07) is 26.0. The molecule has 4 rings (SSSR count). The lowest BCUT2D eigenvalue weighted by Crippen LogP contribution is -2.36. The van der Waals surface area contributed by atoms with Gasteiger partial charge < -0.3 is 4.74 Å². The zero-order valence-electron chi connectivity index (χ0n) is 18.6. The van der Waals surface area contributed by atoms with E-state index in [9.17, 15) is 9.59 Å². The Morgan fingerprint density at radius 3 is 2.24 bits per heavy atom. The van der Waals surface area contributed by atoms with E-state index in [0.717, 1.165) is 16.8 Å². The van der Waals surface area contributed by atoms with Crippen molar-refractivity contribution in [3.05, 3.63) is 114 Å². The van der Waals surface area contributed by atoms with Crippen molar-refractivity contribution in [2.24, 2.45) is 0 Å². The van der Waals surface area contributed by atoms with Crippen LogP contribution >= 0.6 is 0 Å². The lowest BCUT2D eigenvalue weighted by molar-refractivity contribution is 0.0960. The van der Waals surface area contributed by atoms with Crippen molar-refractivity contribution in [1.29, 1.82) is 0 Å². The Morgan fingerprint density at radius 1 is 0.939 bits per heavy atom. The van der Waals surface area contributed by atoms with Crippen molar-refractivity contribution >= 4 is 17.6 Å². The van der Waals surface area contributed by atoms with E-state index in [0.29, 0.717) is 11.5 Å². The number of aromatic nitrogens is 2. The zero-order chi connectivity index (χ0) is 23.2. The molecule has 1 atom stereocenters. The number of carbonyl (C=O) groups excluding carboxylic acids is 2. The van der Waals surface area contributed by atoms with Crippen molar-refractivity contribution in [2.75, 3.05) is 12.0 Å². The molecule has 0 aliphatic heterocycles. The van der Waals surface area contributed by atoms with Gasteiger partial charge in [0.25, 0.3) is 0 Å². The van der Waals surface area contributed by atoms with Gasteiger partial charge in [-0.2, -0.15) is 0 Å². The minimum Gasteiger partial charge on any atom is -0.452 e. The molecule has 6 heteroatoms. The molecule has 1 amide bonds. The number of rotatable bonds is 7. The summed E-state index contributed by atoms with van der Waals surface area (Å²) in [6.07, 6.45) is 2.88. The molecule has 0 saturated carbocycles. The van der Waals surface area contributed by atoms with Crippen LogP contribution in [0.15, 0.2) is 97.3 Å². The number of hydrogen-bond donors (Lipinski definition) is 0. The van der Waals surface area contributed by atoms with Gasteiger partial charge in [0.2, 0.25) is 5.78 Å². The molecular weight excluding hydrogens is 414 g/mol. The fourth-order valence-corrected chi connectivity index (χ4v) is 3.97. The monoisotopic (exact) mass is 439 g/mol. The number of hydrogen-bond acceptors (Lipinski definition) is 4. The molecule has 0 aliphatic carbocycles. The molecule has 0 N–H and O–H groups in total. The number of Topliss-reactive ketones (excluding diaryl/α,β-unsaturated/α-hetero) is 1. The number of benzene rings is 3. The van der Waals surface area contributed by atoms with Gasteiger partial charge in [0.1, 0.15) is 0 Å². The zero-order valence-corrected chi connectivity index (χ0v) is 18.6. The highest BCUT2D eigenvalue weighted by Gasteiger charge is 2.32. The first-order chi connectivity index (χ1) is 16.1. The Hall–Kier alpha value is -4.19. The van der Waals surface area contributed by atoms with Gasteiger partial charge in [-0.15, -0.1) is 0 Å². The topological polar surface area (TPSA) is 64.4 Å². The summed E-state index contributed by atoms with van der Waals surface area (Å²) >= 11 is 0. The van der Waals surface area contributed by atoms with E-state index >= 15 is 0 Å². The number of anilines is 1. The highest BCUT2D eigenvalue weighted by Crippen LogP contribution is 2.33. The molecule has 3 aromatic carbocycles. The van der Waals surface area contributed by atoms with Gasteiger partial charge in [0, 0.05) is 30.2 Å². The van der Waals surface area contributed by atoms with Gasteiger partial charge in [0.05, 0.1) is 13.2 Å². The molecule has 0 spiro atoms. The van der Waals surface area contributed by atoms with Crippen LogP contribution in [0, 0.1) is 6.92 Å². The van der Waals surface area contributed by atoms with E-state index in [1.807, 2.05) is 91.9 Å². The van der Waals surface area contributed by atoms with Crippen LogP contribution in [0.3, 0.4) is 0 Å². The van der Waals surface area contributed by atoms with Crippen molar-refractivity contribution < 1.29 is 14.3 Å². The number of ketones is 1. The van der Waals surface area contributed by atoms with Crippen LogP contribution in [0.1, 0.15) is 34.2 Å². The summed E-state index contributed by atoms with van der Waals surface area (Å²) < 4.78 is 6.90. The Morgan fingerprint density at radius 2 is 1.58 bits per heavy atom. The standard InChI is InChI=1S/C27H25N3O3/c1-20-11-9-10-16-23(20)24(30(27(32)33-2)22-14-7-4-8-15-22)19-25(31)26-28-17-18-29(26)21-12-5-3-6-13-21/h3-18,24H,19H2,1-2H3. The van der Waals surface area contributed by atoms with E-state index in [-0.39, 0.29) is 12.2 Å². The molecule has 0 saturated heterocycles. The maximum absolute atomic E-state index is 13.6. The van der Waals surface area contributed by atoms with Crippen LogP contribution in [0.5, 0.6) is 0 Å². The molecule has 1 heterocycles. The first kappa shape index (κ1) is 22.0. The van der Waals surface area contributed by atoms with Crippen LogP contribution in [-0.4, -0.2) is 28.5 Å². The first-order valence-corrected chi connectivity index (χ1v) is 10.7. The maximum Gasteiger partial charge on any atom is 0.414 e. The Bertz CT molecular complexity index is 1240. The Balaban J connectivity index is 1.77. The highest BCUT2D eigenvalue weighted by molar-refractivity contribution is 5.96. The van der Waals surface area contributed by atoms with E-state index in [2.05, 4.69) is 4.98 Å². The number of methoxy groups -OCH3 is 1. The van der Waals surface area contributed by atoms with Gasteiger partial charge in [0.15, 0.2) is 5.82 Å². The molecule has 0 fully saturated rings. The SMILES string of the molecule is COC(=O)N(c1ccccc1)C(CC(=O)c1nccn1-c1ccccc1)c1ccccc1C. The third-order valence-electron chi connectivity index (χ3n) is 5.57. The minimum atomic E-state index is -0.575. The fraction of sp³-hybridized carbons (Fsp3) is 0.148. The van der Waals surface area contributed by atoms with Crippen LogP contribution in [0.25, 0.3) is 5.69 Å². The van der Waals surface area contributed by atoms with Crippen molar-refractivity contribution in [3.63, 3.8) is 0 Å². The molecule has 1 unspecified atom stereocenters. The fourth-order valence-electron chi connectivity index (χ4n) is 3.97. The number of carbonyl (C=O) groups is 2. The predicted molar refractivity (Wildman–Crippen MR) is 128 cm³/mol. The summed E-state index contributed by atoms with van der Waals surface area (Å²) in [5, 5.41) is 0. The highest BCUT2D eigenvalue weighted by atomic mass is 16.5. The van der Waals surface area contributed by atoms with Crippen LogP contribution in [0.2, 0.25) is 0 Å². The normalized spacial score (nSPS) is 11.6. The average Bonchev–Trinajstić information content (AvgIpc) is 3.35. The summed E-state index contributed by atoms with van der Waals surface area (Å²) in [4.78, 5) is 32.4. The second kappa shape index (κ2) is 9.96. The molecule has 166 valence electrons. The van der Waals surface area contributed by atoms with E-state index in [1.165, 1.54) is 12.0 Å². The summed E-state index contributed by atoms with van der Waals surface area (Å²) in [5.41, 5.74) is 3.35. The van der Waals surface area contributed by atoms with E-state index in [1.54, 1.807) is 17.0 Å². The van der Waals surface area contributed by atoms with Crippen molar-refractivity contribution in [3.8, 4) is 5.69 Å². The number of imidazole rings is 1. The average molecular weight is 440 g/mol. The molecular formula is C27H25N3O3. The minimum absolute atomic E-state index is 0.0404. The largest absolute Gasteiger partial charge is 0.452 e. The Kier molecular flexibility index (Phi) is 6.64. The smallest absolute Gasteiger partial charge is 0.414 e. The van der Waals surface area contributed by atoms with E-state index < -0.39 is 12.1 Å². The van der Waals surface area contributed by atoms with Crippen molar-refractivity contribution in [1.82, 2.24) is 9.55 Å². The molecule has 1 aromatic heterocycles. The number of para-hydroxylation sites is 2. The summed E-state index contributed by atoms with van der Waals surface area (Å²) in [6.45, 7) is 1.97. The molecule has 0 radical (unpaired) electrons. The quantitative estimate of drug-likeness (QED) is 0.343. The second-order valence-electron chi connectivity index (χ2n) is 7.63. The predicted octanol–water partition coefficient (Wildman–Crippen LogP) is 5.77. The number of ether oxygens (including phenoxy) is 1. The Labute approximate surface area is 193 Å². The third-order valence-corrected chi connectivity index (χ3v) is 5.57.